The van der Waals surface area contributed by atoms with Crippen LogP contribution in [-0.2, 0) is 26.3 Å². The van der Waals surface area contributed by atoms with Gasteiger partial charge in [-0.25, -0.2) is 4.79 Å². The molecular weight excluding hydrogens is 616 g/mol. The summed E-state index contributed by atoms with van der Waals surface area (Å²) in [6.07, 6.45) is 0.838. The van der Waals surface area contributed by atoms with Gasteiger partial charge in [-0.15, -0.1) is 0 Å². The largest absolute Gasteiger partial charge is 0.497 e. The van der Waals surface area contributed by atoms with Gasteiger partial charge < -0.3 is 14.2 Å². The average Bonchev–Trinajstić information content (AvgIpc) is 3.15. The van der Waals surface area contributed by atoms with Gasteiger partial charge in [-0.2, -0.15) is 0 Å². The minimum atomic E-state index is -0.484. The van der Waals surface area contributed by atoms with Gasteiger partial charge >= 0.3 is 11.9 Å². The Balaban J connectivity index is 0. The van der Waals surface area contributed by atoms with E-state index in [9.17, 15) is 9.59 Å². The Morgan fingerprint density at radius 3 is 1.14 bits per heavy atom. The lowest BCUT2D eigenvalue weighted by Crippen LogP contribution is -2.18. The first-order valence-electron chi connectivity index (χ1n) is 17.1. The van der Waals surface area contributed by atoms with Gasteiger partial charge in [0.05, 0.1) is 14.2 Å². The first kappa shape index (κ1) is 46.3. The van der Waals surface area contributed by atoms with Crippen LogP contribution in [0.4, 0.5) is 0 Å². The fourth-order valence-electron chi connectivity index (χ4n) is 4.03. The summed E-state index contributed by atoms with van der Waals surface area (Å²) < 4.78 is 15.3. The highest BCUT2D eigenvalue weighted by Gasteiger charge is 2.23. The normalized spacial score (nSPS) is 9.27. The molecule has 0 spiro atoms. The van der Waals surface area contributed by atoms with Crippen LogP contribution in [0.25, 0.3) is 0 Å². The zero-order valence-corrected chi connectivity index (χ0v) is 32.3. The number of hydrogen-bond acceptors (Lipinski definition) is 7. The standard InChI is InChI=1S/C18H20O4.C16H16O3.4C2H6/c1-13(19)21-22-17-11-7-15(8-12-17)18(2,3)14-5-9-16(20-4)10-6-14;1-12(17)19-16-9-5-14(6-10-16)11-13-3-7-15(18-2)8-4-13;4*1-2/h5-12H,1-4H3;3-10H,11H2,1-2H3;4*1-2H3. The number of ether oxygens (including phenoxy) is 3. The molecule has 0 fully saturated rings. The Bertz CT molecular complexity index is 1390. The second kappa shape index (κ2) is 27.2. The van der Waals surface area contributed by atoms with Crippen LogP contribution in [0.5, 0.6) is 23.0 Å². The van der Waals surface area contributed by atoms with Gasteiger partial charge in [0.2, 0.25) is 0 Å². The number of methoxy groups -OCH3 is 2. The molecule has 4 rings (SSSR count). The Morgan fingerprint density at radius 1 is 0.490 bits per heavy atom. The minimum absolute atomic E-state index is 0.160. The zero-order valence-electron chi connectivity index (χ0n) is 32.3. The van der Waals surface area contributed by atoms with E-state index in [1.807, 2.05) is 116 Å². The molecule has 0 saturated heterocycles. The number of hydrogen-bond donors (Lipinski definition) is 0. The zero-order chi connectivity index (χ0) is 37.8. The highest BCUT2D eigenvalue weighted by atomic mass is 17.2. The maximum absolute atomic E-state index is 10.8. The highest BCUT2D eigenvalue weighted by Crippen LogP contribution is 2.33. The van der Waals surface area contributed by atoms with E-state index < -0.39 is 5.97 Å². The van der Waals surface area contributed by atoms with Crippen LogP contribution in [0, 0.1) is 0 Å². The van der Waals surface area contributed by atoms with Crippen LogP contribution in [0.1, 0.15) is 105 Å². The van der Waals surface area contributed by atoms with Crippen molar-refractivity contribution in [2.24, 2.45) is 0 Å². The maximum atomic E-state index is 10.8. The van der Waals surface area contributed by atoms with E-state index in [-0.39, 0.29) is 11.4 Å². The van der Waals surface area contributed by atoms with E-state index in [1.165, 1.54) is 30.5 Å². The Hall–Kier alpha value is -4.78. The van der Waals surface area contributed by atoms with E-state index >= 15 is 0 Å². The second-order valence-corrected chi connectivity index (χ2v) is 9.80. The second-order valence-electron chi connectivity index (χ2n) is 9.80. The lowest BCUT2D eigenvalue weighted by Gasteiger charge is -2.26. The van der Waals surface area contributed by atoms with Crippen molar-refractivity contribution in [2.45, 2.75) is 94.9 Å². The first-order chi connectivity index (χ1) is 23.6. The number of carbonyl (C=O) groups excluding carboxylic acids is 2. The van der Waals surface area contributed by atoms with Crippen molar-refractivity contribution in [1.82, 2.24) is 0 Å². The molecule has 0 atom stereocenters. The molecule has 0 bridgehead atoms. The summed E-state index contributed by atoms with van der Waals surface area (Å²) in [7, 11) is 3.31. The molecule has 7 heteroatoms. The third kappa shape index (κ3) is 17.8. The predicted molar refractivity (Wildman–Crippen MR) is 203 cm³/mol. The molecule has 4 aromatic rings. The van der Waals surface area contributed by atoms with Crippen LogP contribution < -0.4 is 19.1 Å². The molecule has 49 heavy (non-hydrogen) atoms. The molecule has 0 unspecified atom stereocenters. The lowest BCUT2D eigenvalue weighted by molar-refractivity contribution is -0.210. The van der Waals surface area contributed by atoms with Crippen molar-refractivity contribution in [3.05, 3.63) is 119 Å². The SMILES string of the molecule is CC.CC.CC.CC.COc1ccc(C(C)(C)c2ccc(OOC(C)=O)cc2)cc1.COc1ccc(Cc2ccc(OC(C)=O)cc2)cc1. The average molecular weight is 677 g/mol. The highest BCUT2D eigenvalue weighted by molar-refractivity contribution is 5.69. The van der Waals surface area contributed by atoms with Crippen molar-refractivity contribution in [3.63, 3.8) is 0 Å². The van der Waals surface area contributed by atoms with E-state index in [0.717, 1.165) is 23.5 Å². The molecule has 0 radical (unpaired) electrons. The quantitative estimate of drug-likeness (QED) is 0.0755. The molecule has 0 aliphatic carbocycles. The molecule has 0 aromatic heterocycles. The fraction of sp³-hybridized carbons (Fsp3) is 0.381. The summed E-state index contributed by atoms with van der Waals surface area (Å²) in [5, 5.41) is 0. The molecule has 0 amide bonds. The summed E-state index contributed by atoms with van der Waals surface area (Å²) in [5.74, 6) is 1.97. The molecule has 0 aliphatic heterocycles. The third-order valence-corrected chi connectivity index (χ3v) is 6.40. The van der Waals surface area contributed by atoms with Crippen LogP contribution in [0.15, 0.2) is 97.1 Å². The monoisotopic (exact) mass is 676 g/mol. The van der Waals surface area contributed by atoms with Gasteiger partial charge in [-0.3, -0.25) is 14.6 Å². The number of rotatable bonds is 9. The molecule has 0 saturated carbocycles. The Labute approximate surface area is 296 Å². The van der Waals surface area contributed by atoms with Gasteiger partial charge in [-0.1, -0.05) is 118 Å². The van der Waals surface area contributed by atoms with E-state index in [4.69, 9.17) is 19.1 Å². The van der Waals surface area contributed by atoms with Gasteiger partial charge in [0.15, 0.2) is 5.75 Å². The van der Waals surface area contributed by atoms with Gasteiger partial charge in [-0.05, 0) is 77.2 Å². The van der Waals surface area contributed by atoms with Crippen molar-refractivity contribution in [3.8, 4) is 23.0 Å². The Kier molecular flexibility index (Phi) is 25.7. The fourth-order valence-corrected chi connectivity index (χ4v) is 4.03. The van der Waals surface area contributed by atoms with E-state index in [0.29, 0.717) is 11.5 Å². The van der Waals surface area contributed by atoms with Crippen molar-refractivity contribution in [2.75, 3.05) is 14.2 Å². The van der Waals surface area contributed by atoms with Crippen LogP contribution in [0.3, 0.4) is 0 Å². The topological polar surface area (TPSA) is 80.3 Å². The molecular formula is C42H60O7. The van der Waals surface area contributed by atoms with Crippen LogP contribution in [0.2, 0.25) is 0 Å². The summed E-state index contributed by atoms with van der Waals surface area (Å²) in [6, 6.07) is 31.0. The summed E-state index contributed by atoms with van der Waals surface area (Å²) in [6.45, 7) is 23.0. The molecule has 0 aliphatic rings. The molecule has 7 nitrogen and oxygen atoms in total. The third-order valence-electron chi connectivity index (χ3n) is 6.40. The smallest absolute Gasteiger partial charge is 0.352 e. The predicted octanol–water partition coefficient (Wildman–Crippen LogP) is 11.2. The summed E-state index contributed by atoms with van der Waals surface area (Å²) in [5.41, 5.74) is 4.53. The molecule has 4 aromatic carbocycles. The van der Waals surface area contributed by atoms with Gasteiger partial charge in [0, 0.05) is 19.3 Å². The van der Waals surface area contributed by atoms with Crippen LogP contribution in [-0.4, -0.2) is 26.2 Å². The number of carbonyl (C=O) groups is 2. The Morgan fingerprint density at radius 2 is 0.816 bits per heavy atom. The summed E-state index contributed by atoms with van der Waals surface area (Å²) in [4.78, 5) is 31.0. The van der Waals surface area contributed by atoms with Crippen molar-refractivity contribution in [1.29, 1.82) is 0 Å². The molecule has 0 heterocycles. The minimum Gasteiger partial charge on any atom is -0.497 e. The van der Waals surface area contributed by atoms with Crippen LogP contribution >= 0.6 is 0 Å². The number of benzene rings is 4. The van der Waals surface area contributed by atoms with Gasteiger partial charge in [0.1, 0.15) is 17.2 Å². The summed E-state index contributed by atoms with van der Waals surface area (Å²) >= 11 is 0. The maximum Gasteiger partial charge on any atom is 0.352 e. The molecule has 270 valence electrons. The number of esters is 1. The van der Waals surface area contributed by atoms with Crippen molar-refractivity contribution >= 4 is 11.9 Å². The lowest BCUT2D eigenvalue weighted by atomic mass is 9.78. The van der Waals surface area contributed by atoms with Gasteiger partial charge in [0.25, 0.3) is 0 Å². The van der Waals surface area contributed by atoms with E-state index in [2.05, 4.69) is 30.9 Å². The van der Waals surface area contributed by atoms with Crippen molar-refractivity contribution < 1.29 is 33.6 Å². The van der Waals surface area contributed by atoms with E-state index in [1.54, 1.807) is 38.5 Å². The first-order valence-corrected chi connectivity index (χ1v) is 17.1. The molecule has 0 N–H and O–H groups in total.